The van der Waals surface area contributed by atoms with Crippen LogP contribution in [0.25, 0.3) is 11.2 Å². The number of non-ortho nitro benzene ring substituents is 1. The van der Waals surface area contributed by atoms with Crippen LogP contribution in [0.15, 0.2) is 63.2 Å². The van der Waals surface area contributed by atoms with E-state index in [0.29, 0.717) is 12.1 Å². The predicted octanol–water partition coefficient (Wildman–Crippen LogP) is 2.13. The molecule has 2 aromatic carbocycles. The van der Waals surface area contributed by atoms with Crippen LogP contribution in [-0.4, -0.2) is 30.2 Å². The molecule has 2 aromatic heterocycles. The highest BCUT2D eigenvalue weighted by Crippen LogP contribution is 2.18. The molecule has 0 unspecified atom stereocenters. The van der Waals surface area contributed by atoms with Crippen LogP contribution in [0.4, 0.5) is 11.6 Å². The molecule has 162 valence electrons. The van der Waals surface area contributed by atoms with Crippen LogP contribution in [0.2, 0.25) is 0 Å². The van der Waals surface area contributed by atoms with Crippen molar-refractivity contribution in [1.29, 1.82) is 0 Å². The van der Waals surface area contributed by atoms with Gasteiger partial charge in [-0.2, -0.15) is 10.1 Å². The average molecular weight is 433 g/mol. The molecular weight excluding hydrogens is 414 g/mol. The van der Waals surface area contributed by atoms with Gasteiger partial charge in [-0.1, -0.05) is 42.0 Å². The summed E-state index contributed by atoms with van der Waals surface area (Å²) in [5.41, 5.74) is 4.57. The van der Waals surface area contributed by atoms with Gasteiger partial charge in [0.2, 0.25) is 5.95 Å². The monoisotopic (exact) mass is 433 g/mol. The lowest BCUT2D eigenvalue weighted by Crippen LogP contribution is -2.29. The highest BCUT2D eigenvalue weighted by molar-refractivity contribution is 5.81. The normalized spacial score (nSPS) is 11.3. The number of aryl methyl sites for hydroxylation is 2. The maximum Gasteiger partial charge on any atom is 0.329 e. The molecule has 0 saturated heterocycles. The van der Waals surface area contributed by atoms with Crippen LogP contribution in [0.1, 0.15) is 16.7 Å². The van der Waals surface area contributed by atoms with Crippen molar-refractivity contribution in [2.24, 2.45) is 12.1 Å². The van der Waals surface area contributed by atoms with Crippen molar-refractivity contribution in [1.82, 2.24) is 19.1 Å². The summed E-state index contributed by atoms with van der Waals surface area (Å²) in [5.74, 6) is 0.244. The maximum atomic E-state index is 12.6. The molecule has 4 rings (SSSR count). The molecule has 0 bridgehead atoms. The topological polar surface area (TPSA) is 140 Å². The molecule has 0 amide bonds. The number of hydrogen-bond acceptors (Lipinski definition) is 7. The Hall–Kier alpha value is -4.54. The number of nitrogens with zero attached hydrogens (tertiary/aromatic N) is 5. The van der Waals surface area contributed by atoms with E-state index in [2.05, 4.69) is 20.5 Å². The Morgan fingerprint density at radius 1 is 1.22 bits per heavy atom. The van der Waals surface area contributed by atoms with E-state index in [0.717, 1.165) is 11.1 Å². The zero-order valence-corrected chi connectivity index (χ0v) is 17.3. The number of fused-ring (bicyclic) bond motifs is 1. The van der Waals surface area contributed by atoms with Gasteiger partial charge >= 0.3 is 5.69 Å². The van der Waals surface area contributed by atoms with Gasteiger partial charge in [-0.25, -0.2) is 10.2 Å². The summed E-state index contributed by atoms with van der Waals surface area (Å²) < 4.78 is 2.88. The van der Waals surface area contributed by atoms with Gasteiger partial charge < -0.3 is 0 Å². The minimum atomic E-state index is -0.575. The van der Waals surface area contributed by atoms with Crippen molar-refractivity contribution in [3.8, 4) is 0 Å². The standard InChI is InChI=1S/C21H19N7O4/c1-13-6-8-14(9-7-13)12-27-17-18(26(2)21(30)24-19(17)29)23-20(27)25-22-11-15-4-3-5-16(10-15)28(31)32/h3-11H,12H2,1-2H3,(H,23,25)(H,24,29,30). The van der Waals surface area contributed by atoms with Crippen LogP contribution in [0.5, 0.6) is 0 Å². The Labute approximate surface area is 180 Å². The largest absolute Gasteiger partial charge is 0.329 e. The van der Waals surface area contributed by atoms with Gasteiger partial charge in [-0.05, 0) is 12.5 Å². The first-order chi connectivity index (χ1) is 15.3. The Bertz CT molecular complexity index is 1460. The summed E-state index contributed by atoms with van der Waals surface area (Å²) in [7, 11) is 1.51. The Morgan fingerprint density at radius 3 is 2.69 bits per heavy atom. The molecule has 0 saturated carbocycles. The van der Waals surface area contributed by atoms with E-state index in [1.165, 1.54) is 30.0 Å². The minimum Gasteiger partial charge on any atom is -0.298 e. The number of aromatic amines is 1. The number of anilines is 1. The molecule has 2 heterocycles. The van der Waals surface area contributed by atoms with Crippen molar-refractivity contribution in [2.75, 3.05) is 5.43 Å². The molecule has 4 aromatic rings. The number of hydrogen-bond donors (Lipinski definition) is 2. The molecule has 2 N–H and O–H groups in total. The third-order valence-corrected chi connectivity index (χ3v) is 4.93. The summed E-state index contributed by atoms with van der Waals surface area (Å²) in [6.07, 6.45) is 1.41. The zero-order valence-electron chi connectivity index (χ0n) is 17.3. The molecule has 0 radical (unpaired) electrons. The van der Waals surface area contributed by atoms with E-state index < -0.39 is 16.2 Å². The third kappa shape index (κ3) is 4.03. The third-order valence-electron chi connectivity index (χ3n) is 4.93. The quantitative estimate of drug-likeness (QED) is 0.271. The molecular formula is C21H19N7O4. The SMILES string of the molecule is Cc1ccc(Cn2c(NN=Cc3cccc([N+](=O)[O-])c3)nc3c2c(=O)[nH]c(=O)n3C)cc1. The molecule has 0 spiro atoms. The first kappa shape index (κ1) is 20.7. The highest BCUT2D eigenvalue weighted by Gasteiger charge is 2.17. The lowest BCUT2D eigenvalue weighted by molar-refractivity contribution is -0.384. The van der Waals surface area contributed by atoms with Gasteiger partial charge in [0.05, 0.1) is 17.7 Å². The van der Waals surface area contributed by atoms with Crippen LogP contribution < -0.4 is 16.7 Å². The van der Waals surface area contributed by atoms with E-state index >= 15 is 0 Å². The molecule has 0 aliphatic rings. The van der Waals surface area contributed by atoms with E-state index in [1.807, 2.05) is 31.2 Å². The number of nitro benzene ring substituents is 1. The molecule has 0 aliphatic carbocycles. The Morgan fingerprint density at radius 2 is 1.97 bits per heavy atom. The van der Waals surface area contributed by atoms with Gasteiger partial charge in [0, 0.05) is 24.7 Å². The fourth-order valence-electron chi connectivity index (χ4n) is 3.23. The molecule has 0 aliphatic heterocycles. The van der Waals surface area contributed by atoms with Crippen molar-refractivity contribution < 1.29 is 4.92 Å². The highest BCUT2D eigenvalue weighted by atomic mass is 16.6. The number of rotatable bonds is 6. The second kappa shape index (κ2) is 8.30. The van der Waals surface area contributed by atoms with Gasteiger partial charge in [-0.3, -0.25) is 29.0 Å². The molecule has 32 heavy (non-hydrogen) atoms. The predicted molar refractivity (Wildman–Crippen MR) is 120 cm³/mol. The summed E-state index contributed by atoms with van der Waals surface area (Å²) in [5, 5.41) is 15.1. The van der Waals surface area contributed by atoms with Gasteiger partial charge in [0.25, 0.3) is 11.2 Å². The van der Waals surface area contributed by atoms with Crippen molar-refractivity contribution in [2.45, 2.75) is 13.5 Å². The zero-order chi connectivity index (χ0) is 22.8. The molecule has 0 fully saturated rings. The Balaban J connectivity index is 1.75. The number of benzene rings is 2. The summed E-state index contributed by atoms with van der Waals surface area (Å²) >= 11 is 0. The second-order valence-corrected chi connectivity index (χ2v) is 7.22. The van der Waals surface area contributed by atoms with E-state index in [4.69, 9.17) is 0 Å². The summed E-state index contributed by atoms with van der Waals surface area (Å²) in [4.78, 5) is 41.7. The van der Waals surface area contributed by atoms with Crippen LogP contribution in [0.3, 0.4) is 0 Å². The maximum absolute atomic E-state index is 12.6. The number of hydrazone groups is 1. The minimum absolute atomic E-state index is 0.0536. The number of aromatic nitrogens is 4. The van der Waals surface area contributed by atoms with Crippen molar-refractivity contribution in [3.05, 3.63) is 96.2 Å². The number of imidazole rings is 1. The van der Waals surface area contributed by atoms with Crippen LogP contribution >= 0.6 is 0 Å². The second-order valence-electron chi connectivity index (χ2n) is 7.22. The van der Waals surface area contributed by atoms with Crippen LogP contribution in [-0.2, 0) is 13.6 Å². The average Bonchev–Trinajstić information content (AvgIpc) is 3.13. The fourth-order valence-corrected chi connectivity index (χ4v) is 3.23. The van der Waals surface area contributed by atoms with Crippen molar-refractivity contribution >= 4 is 29.0 Å². The number of nitro groups is 1. The van der Waals surface area contributed by atoms with Gasteiger partial charge in [0.15, 0.2) is 11.2 Å². The Kier molecular flexibility index (Phi) is 5.37. The number of H-pyrrole nitrogens is 1. The van der Waals surface area contributed by atoms with E-state index in [9.17, 15) is 19.7 Å². The lowest BCUT2D eigenvalue weighted by Gasteiger charge is -2.08. The van der Waals surface area contributed by atoms with Crippen molar-refractivity contribution in [3.63, 3.8) is 0 Å². The van der Waals surface area contributed by atoms with Gasteiger partial charge in [-0.15, -0.1) is 0 Å². The van der Waals surface area contributed by atoms with E-state index in [-0.39, 0.29) is 22.8 Å². The lowest BCUT2D eigenvalue weighted by atomic mass is 10.1. The summed E-state index contributed by atoms with van der Waals surface area (Å²) in [6.45, 7) is 2.29. The molecule has 11 nitrogen and oxygen atoms in total. The molecule has 11 heteroatoms. The van der Waals surface area contributed by atoms with E-state index in [1.54, 1.807) is 16.7 Å². The fraction of sp³-hybridized carbons (Fsp3) is 0.143. The van der Waals surface area contributed by atoms with Crippen LogP contribution in [0, 0.1) is 17.0 Å². The number of nitrogens with one attached hydrogen (secondary N) is 2. The van der Waals surface area contributed by atoms with Gasteiger partial charge in [0.1, 0.15) is 0 Å². The molecule has 0 atom stereocenters. The first-order valence-corrected chi connectivity index (χ1v) is 9.62. The first-order valence-electron chi connectivity index (χ1n) is 9.62. The smallest absolute Gasteiger partial charge is 0.298 e. The summed E-state index contributed by atoms with van der Waals surface area (Å²) in [6, 6.07) is 13.8.